The van der Waals surface area contributed by atoms with Crippen LogP contribution >= 0.6 is 11.9 Å². The number of nitrogens with one attached hydrogen (secondary N) is 1. The topological polar surface area (TPSA) is 58.6 Å². The number of hydrogen-bond donors (Lipinski definition) is 1. The Bertz CT molecular complexity index is 508. The number of hydrogen-bond acceptors (Lipinski definition) is 6. The van der Waals surface area contributed by atoms with Crippen molar-refractivity contribution in [3.8, 4) is 5.75 Å². The molecule has 1 N–H and O–H groups in total. The van der Waals surface area contributed by atoms with E-state index in [0.717, 1.165) is 16.8 Å². The van der Waals surface area contributed by atoms with Crippen molar-refractivity contribution in [2.24, 2.45) is 0 Å². The van der Waals surface area contributed by atoms with Crippen LogP contribution in [0.3, 0.4) is 0 Å². The van der Waals surface area contributed by atoms with Crippen molar-refractivity contribution >= 4 is 27.8 Å². The molecule has 1 aromatic rings. The molecule has 0 saturated carbocycles. The molecule has 0 radical (unpaired) electrons. The Kier molecular flexibility index (Phi) is 6.02. The standard InChI is InChI=1S/C10H16IN2O3S2/c1-11-13(3)17-10-7-8(16-18(4,14)15)5-6-9(10)12-2/h5-7,12H,1-4H3/q-1. The summed E-state index contributed by atoms with van der Waals surface area (Å²) in [5.74, 6) is 0.335. The van der Waals surface area contributed by atoms with Crippen LogP contribution in [0.1, 0.15) is 0 Å². The third-order valence-electron chi connectivity index (χ3n) is 1.93. The van der Waals surface area contributed by atoms with Crippen molar-refractivity contribution in [2.45, 2.75) is 4.90 Å². The summed E-state index contributed by atoms with van der Waals surface area (Å²) in [5, 5.41) is 3.07. The number of halogens is 1. The maximum absolute atomic E-state index is 11.1. The molecule has 0 heterocycles. The predicted octanol–water partition coefficient (Wildman–Crippen LogP) is -1.36. The maximum atomic E-state index is 11.1. The van der Waals surface area contributed by atoms with Gasteiger partial charge in [0.1, 0.15) is 0 Å². The summed E-state index contributed by atoms with van der Waals surface area (Å²) < 4.78 is 29.2. The molecule has 104 valence electrons. The third kappa shape index (κ3) is 5.21. The van der Waals surface area contributed by atoms with Gasteiger partial charge in [-0.1, -0.05) is 0 Å². The second-order valence-corrected chi connectivity index (χ2v) is 9.19. The number of benzene rings is 1. The summed E-state index contributed by atoms with van der Waals surface area (Å²) in [6, 6.07) is 5.18. The van der Waals surface area contributed by atoms with E-state index in [1.54, 1.807) is 24.1 Å². The summed E-state index contributed by atoms with van der Waals surface area (Å²) >= 11 is 1.55. The van der Waals surface area contributed by atoms with E-state index in [1.165, 1.54) is 0 Å². The Morgan fingerprint density at radius 2 is 2.11 bits per heavy atom. The van der Waals surface area contributed by atoms with Gasteiger partial charge in [0.2, 0.25) is 0 Å². The van der Waals surface area contributed by atoms with Crippen molar-refractivity contribution in [3.63, 3.8) is 0 Å². The van der Waals surface area contributed by atoms with Gasteiger partial charge in [-0.3, -0.25) is 0 Å². The third-order valence-corrected chi connectivity index (χ3v) is 6.09. The average Bonchev–Trinajstić information content (AvgIpc) is 2.27. The molecule has 0 aliphatic carbocycles. The predicted molar refractivity (Wildman–Crippen MR) is 71.0 cm³/mol. The first kappa shape index (κ1) is 15.9. The van der Waals surface area contributed by atoms with Crippen LogP contribution < -0.4 is 31.0 Å². The average molecular weight is 403 g/mol. The monoisotopic (exact) mass is 403 g/mol. The molecule has 0 aliphatic rings. The molecule has 1 aromatic carbocycles. The van der Waals surface area contributed by atoms with Crippen LogP contribution in [0.5, 0.6) is 5.75 Å². The van der Waals surface area contributed by atoms with Gasteiger partial charge in [-0.2, -0.15) is 0 Å². The first-order valence-electron chi connectivity index (χ1n) is 4.98. The van der Waals surface area contributed by atoms with Crippen molar-refractivity contribution < 1.29 is 34.1 Å². The van der Waals surface area contributed by atoms with Gasteiger partial charge in [0.15, 0.2) is 0 Å². The van der Waals surface area contributed by atoms with Crippen LogP contribution in [0.2, 0.25) is 0 Å². The molecule has 0 atom stereocenters. The summed E-state index contributed by atoms with van der Waals surface area (Å²) in [7, 11) is 0.362. The summed E-state index contributed by atoms with van der Waals surface area (Å²) in [6.45, 7) is 0. The van der Waals surface area contributed by atoms with Crippen LogP contribution in [0.4, 0.5) is 5.69 Å². The van der Waals surface area contributed by atoms with E-state index in [1.807, 2.05) is 20.2 Å². The first-order valence-corrected chi connectivity index (χ1v) is 10.7. The molecular weight excluding hydrogens is 387 g/mol. The van der Waals surface area contributed by atoms with Crippen molar-refractivity contribution in [3.05, 3.63) is 18.2 Å². The van der Waals surface area contributed by atoms with Gasteiger partial charge in [0.05, 0.1) is 0 Å². The van der Waals surface area contributed by atoms with Gasteiger partial charge in [0.25, 0.3) is 0 Å². The molecule has 0 aliphatic heterocycles. The van der Waals surface area contributed by atoms with E-state index < -0.39 is 10.1 Å². The Balaban J connectivity index is 3.01. The quantitative estimate of drug-likeness (QED) is 0.208. The summed E-state index contributed by atoms with van der Waals surface area (Å²) in [6.07, 6.45) is 1.04. The van der Waals surface area contributed by atoms with E-state index in [0.29, 0.717) is 5.75 Å². The Morgan fingerprint density at radius 1 is 1.44 bits per heavy atom. The number of rotatable bonds is 6. The Labute approximate surface area is 123 Å². The molecule has 18 heavy (non-hydrogen) atoms. The van der Waals surface area contributed by atoms with Crippen molar-refractivity contribution in [2.75, 3.05) is 30.6 Å². The van der Waals surface area contributed by atoms with Gasteiger partial charge >= 0.3 is 124 Å². The minimum absolute atomic E-state index is 0.0273. The van der Waals surface area contributed by atoms with Crippen LogP contribution in [0.15, 0.2) is 23.1 Å². The van der Waals surface area contributed by atoms with E-state index in [4.69, 9.17) is 4.18 Å². The van der Waals surface area contributed by atoms with E-state index >= 15 is 0 Å². The van der Waals surface area contributed by atoms with Gasteiger partial charge in [-0.05, 0) is 0 Å². The van der Waals surface area contributed by atoms with Gasteiger partial charge in [-0.25, -0.2) is 0 Å². The molecular formula is C10H16IN2O3S2-. The molecule has 0 saturated heterocycles. The summed E-state index contributed by atoms with van der Waals surface area (Å²) in [5.41, 5.74) is 0.949. The zero-order chi connectivity index (χ0) is 13.8. The fraction of sp³-hybridized carbons (Fsp3) is 0.400. The second-order valence-electron chi connectivity index (χ2n) is 3.38. The van der Waals surface area contributed by atoms with E-state index in [-0.39, 0.29) is 21.5 Å². The zero-order valence-electron chi connectivity index (χ0n) is 10.6. The van der Waals surface area contributed by atoms with Crippen molar-refractivity contribution in [1.29, 1.82) is 0 Å². The van der Waals surface area contributed by atoms with Crippen molar-refractivity contribution in [1.82, 2.24) is 2.52 Å². The van der Waals surface area contributed by atoms with Gasteiger partial charge < -0.3 is 0 Å². The molecule has 0 fully saturated rings. The van der Waals surface area contributed by atoms with Crippen LogP contribution in [-0.4, -0.2) is 36.2 Å². The first-order chi connectivity index (χ1) is 8.35. The van der Waals surface area contributed by atoms with Gasteiger partial charge in [0, 0.05) is 0 Å². The summed E-state index contributed by atoms with van der Waals surface area (Å²) in [4.78, 5) is 3.10. The fourth-order valence-electron chi connectivity index (χ4n) is 1.18. The van der Waals surface area contributed by atoms with Crippen LogP contribution in [-0.2, 0) is 10.1 Å². The molecule has 0 unspecified atom stereocenters. The normalized spacial score (nSPS) is 11.8. The molecule has 5 nitrogen and oxygen atoms in total. The number of nitrogens with zero attached hydrogens (tertiary/aromatic N) is 1. The number of alkyl halides is 1. The molecule has 0 spiro atoms. The van der Waals surface area contributed by atoms with Crippen LogP contribution in [0, 0.1) is 0 Å². The SMILES string of the molecule is CNc1ccc(OS(C)(=O)=O)cc1SN(C)[I-]C. The van der Waals surface area contributed by atoms with E-state index in [9.17, 15) is 8.42 Å². The minimum atomic E-state index is -3.48. The molecule has 8 heteroatoms. The molecule has 0 bridgehead atoms. The Morgan fingerprint density at radius 3 is 2.61 bits per heavy atom. The fourth-order valence-corrected chi connectivity index (χ4v) is 3.64. The molecule has 0 amide bonds. The van der Waals surface area contributed by atoms with Gasteiger partial charge in [-0.15, -0.1) is 0 Å². The second kappa shape index (κ2) is 6.83. The van der Waals surface area contributed by atoms with Crippen LogP contribution in [0.25, 0.3) is 0 Å². The van der Waals surface area contributed by atoms with E-state index in [2.05, 4.69) is 12.8 Å². The zero-order valence-corrected chi connectivity index (χ0v) is 14.4. The Hall–Kier alpha value is -0.190. The molecule has 1 rings (SSSR count). The molecule has 0 aromatic heterocycles. The number of anilines is 1.